The first-order valence-corrected chi connectivity index (χ1v) is 11.6. The Morgan fingerprint density at radius 1 is 1.00 bits per heavy atom. The summed E-state index contributed by atoms with van der Waals surface area (Å²) >= 11 is 0. The van der Waals surface area contributed by atoms with E-state index >= 15 is 0 Å². The number of likely N-dealkylation sites (tertiary alicyclic amines) is 1. The maximum Gasteiger partial charge on any atom is 0.323 e. The first kappa shape index (κ1) is 24.1. The second kappa shape index (κ2) is 11.9. The topological polar surface area (TPSA) is 85.8 Å². The van der Waals surface area contributed by atoms with E-state index in [1.54, 1.807) is 4.90 Å². The van der Waals surface area contributed by atoms with Gasteiger partial charge in [-0.1, -0.05) is 35.9 Å². The number of nitrogens with zero attached hydrogens (tertiary/aromatic N) is 3. The second-order valence-electron chi connectivity index (χ2n) is 8.25. The first-order chi connectivity index (χ1) is 17.1. The number of carbonyl (C=O) groups is 1. The van der Waals surface area contributed by atoms with Crippen molar-refractivity contribution in [1.82, 2.24) is 14.9 Å². The molecule has 1 fully saturated rings. The van der Waals surface area contributed by atoms with Crippen LogP contribution in [0.1, 0.15) is 24.0 Å². The van der Waals surface area contributed by atoms with Crippen LogP contribution in [-0.2, 0) is 0 Å². The molecule has 0 radical (unpaired) electrons. The molecule has 1 saturated heterocycles. The predicted molar refractivity (Wildman–Crippen MR) is 135 cm³/mol. The van der Waals surface area contributed by atoms with Crippen LogP contribution in [0.15, 0.2) is 66.5 Å². The molecular formula is C27H30N4O4. The number of nitrogens with one attached hydrogen (secondary N) is 1. The van der Waals surface area contributed by atoms with Crippen molar-refractivity contribution in [3.63, 3.8) is 0 Å². The smallest absolute Gasteiger partial charge is 0.323 e. The van der Waals surface area contributed by atoms with E-state index in [0.29, 0.717) is 38.0 Å². The first-order valence-electron chi connectivity index (χ1n) is 11.6. The summed E-state index contributed by atoms with van der Waals surface area (Å²) in [6.07, 6.45) is 6.77. The molecular weight excluding hydrogens is 444 g/mol. The summed E-state index contributed by atoms with van der Waals surface area (Å²) in [5.41, 5.74) is 3.56. The summed E-state index contributed by atoms with van der Waals surface area (Å²) in [4.78, 5) is 22.5. The average Bonchev–Trinajstić information content (AvgIpc) is 2.88. The van der Waals surface area contributed by atoms with Gasteiger partial charge in [0.05, 0.1) is 19.5 Å². The minimum atomic E-state index is -0.174. The summed E-state index contributed by atoms with van der Waals surface area (Å²) in [6, 6.07) is 15.8. The van der Waals surface area contributed by atoms with E-state index in [-0.39, 0.29) is 6.03 Å². The fourth-order valence-corrected chi connectivity index (χ4v) is 3.77. The third-order valence-electron chi connectivity index (χ3n) is 5.60. The maximum atomic E-state index is 12.5. The van der Waals surface area contributed by atoms with Crippen molar-refractivity contribution in [2.75, 3.05) is 38.7 Å². The number of hydrogen-bond acceptors (Lipinski definition) is 6. The molecule has 3 aromatic rings. The third kappa shape index (κ3) is 7.20. The zero-order valence-corrected chi connectivity index (χ0v) is 20.1. The third-order valence-corrected chi connectivity index (χ3v) is 5.60. The van der Waals surface area contributed by atoms with Crippen molar-refractivity contribution in [2.45, 2.75) is 19.8 Å². The van der Waals surface area contributed by atoms with Crippen molar-refractivity contribution in [3.8, 4) is 17.4 Å². The van der Waals surface area contributed by atoms with Crippen molar-refractivity contribution in [1.29, 1.82) is 0 Å². The van der Waals surface area contributed by atoms with Crippen LogP contribution in [0, 0.1) is 6.92 Å². The summed E-state index contributed by atoms with van der Waals surface area (Å²) in [5, 5.41) is 2.78. The van der Waals surface area contributed by atoms with Gasteiger partial charge in [-0.2, -0.15) is 0 Å². The van der Waals surface area contributed by atoms with Crippen molar-refractivity contribution < 1.29 is 19.0 Å². The highest BCUT2D eigenvalue weighted by Gasteiger charge is 2.19. The van der Waals surface area contributed by atoms with Gasteiger partial charge in [-0.3, -0.25) is 5.32 Å². The summed E-state index contributed by atoms with van der Waals surface area (Å²) in [7, 11) is 1.52. The number of anilines is 1. The average molecular weight is 475 g/mol. The van der Waals surface area contributed by atoms with E-state index < -0.39 is 0 Å². The Hall–Kier alpha value is -4.07. The van der Waals surface area contributed by atoms with Gasteiger partial charge in [-0.25, -0.2) is 14.8 Å². The highest BCUT2D eigenvalue weighted by molar-refractivity contribution is 5.88. The van der Waals surface area contributed by atoms with Crippen LogP contribution in [-0.4, -0.2) is 54.3 Å². The van der Waals surface area contributed by atoms with Gasteiger partial charge in [0.1, 0.15) is 24.7 Å². The largest absolute Gasteiger partial charge is 0.490 e. The van der Waals surface area contributed by atoms with E-state index in [4.69, 9.17) is 14.2 Å². The predicted octanol–water partition coefficient (Wildman–Crippen LogP) is 4.96. The molecule has 0 unspecified atom stereocenters. The van der Waals surface area contributed by atoms with Gasteiger partial charge in [0, 0.05) is 13.1 Å². The van der Waals surface area contributed by atoms with Crippen molar-refractivity contribution >= 4 is 17.9 Å². The normalized spacial score (nSPS) is 13.2. The molecule has 0 spiro atoms. The highest BCUT2D eigenvalue weighted by atomic mass is 16.5. The van der Waals surface area contributed by atoms with E-state index in [2.05, 4.69) is 27.4 Å². The van der Waals surface area contributed by atoms with E-state index in [9.17, 15) is 4.79 Å². The number of hydrogen-bond donors (Lipinski definition) is 1. The molecule has 1 aliphatic heterocycles. The summed E-state index contributed by atoms with van der Waals surface area (Å²) in [5.74, 6) is 2.47. The fraction of sp³-hybridized carbons (Fsp3) is 0.296. The van der Waals surface area contributed by atoms with Gasteiger partial charge < -0.3 is 19.1 Å². The van der Waals surface area contributed by atoms with Crippen LogP contribution in [0.5, 0.6) is 17.4 Å². The Balaban J connectivity index is 1.23. The molecule has 0 bridgehead atoms. The molecule has 0 saturated carbocycles. The number of rotatable bonds is 8. The molecule has 1 aliphatic rings. The molecule has 2 amide bonds. The van der Waals surface area contributed by atoms with Crippen LogP contribution in [0.2, 0.25) is 0 Å². The van der Waals surface area contributed by atoms with Gasteiger partial charge in [0.2, 0.25) is 5.88 Å². The number of amides is 2. The Morgan fingerprint density at radius 2 is 1.71 bits per heavy atom. The molecule has 8 nitrogen and oxygen atoms in total. The summed E-state index contributed by atoms with van der Waals surface area (Å²) < 4.78 is 16.6. The molecule has 4 rings (SSSR count). The number of urea groups is 1. The molecule has 0 aliphatic carbocycles. The standard InChI is InChI=1S/C27H30N4O4/c1-20-5-3-7-23(15-20)34-13-14-35-24-8-4-6-22(17-24)16-21-9-11-31(12-10-21)27(32)30-25-18-29-26(33-2)19-28-25/h3-8,15-19H,9-14H2,1-2H3,(H,28,30,32). The number of aryl methyl sites for hydroxylation is 1. The molecule has 1 aromatic heterocycles. The van der Waals surface area contributed by atoms with E-state index in [1.165, 1.54) is 30.6 Å². The van der Waals surface area contributed by atoms with Crippen LogP contribution < -0.4 is 19.5 Å². The Morgan fingerprint density at radius 3 is 2.37 bits per heavy atom. The molecule has 35 heavy (non-hydrogen) atoms. The van der Waals surface area contributed by atoms with Crippen molar-refractivity contribution in [2.24, 2.45) is 0 Å². The number of piperidine rings is 1. The monoisotopic (exact) mass is 474 g/mol. The highest BCUT2D eigenvalue weighted by Crippen LogP contribution is 2.22. The molecule has 8 heteroatoms. The minimum absolute atomic E-state index is 0.174. The zero-order chi connectivity index (χ0) is 24.5. The lowest BCUT2D eigenvalue weighted by Gasteiger charge is -2.28. The zero-order valence-electron chi connectivity index (χ0n) is 20.1. The molecule has 182 valence electrons. The molecule has 2 aromatic carbocycles. The van der Waals surface area contributed by atoms with Crippen LogP contribution >= 0.6 is 0 Å². The van der Waals surface area contributed by atoms with Gasteiger partial charge >= 0.3 is 6.03 Å². The number of aromatic nitrogens is 2. The van der Waals surface area contributed by atoms with Crippen LogP contribution in [0.4, 0.5) is 10.6 Å². The summed E-state index contributed by atoms with van der Waals surface area (Å²) in [6.45, 7) is 4.28. The number of ether oxygens (including phenoxy) is 3. The van der Waals surface area contributed by atoms with Crippen LogP contribution in [0.3, 0.4) is 0 Å². The van der Waals surface area contributed by atoms with Crippen molar-refractivity contribution in [3.05, 3.63) is 77.6 Å². The SMILES string of the molecule is COc1cnc(NC(=O)N2CCC(=Cc3cccc(OCCOc4cccc(C)c4)c3)CC2)cn1. The Labute approximate surface area is 205 Å². The maximum absolute atomic E-state index is 12.5. The molecule has 0 atom stereocenters. The van der Waals surface area contributed by atoms with E-state index in [1.807, 2.05) is 49.4 Å². The molecule has 1 N–H and O–H groups in total. The lowest BCUT2D eigenvalue weighted by Crippen LogP contribution is -2.39. The Kier molecular flexibility index (Phi) is 8.17. The van der Waals surface area contributed by atoms with Gasteiger partial charge in [0.25, 0.3) is 0 Å². The van der Waals surface area contributed by atoms with Crippen LogP contribution in [0.25, 0.3) is 6.08 Å². The lowest BCUT2D eigenvalue weighted by atomic mass is 10.0. The Bertz CT molecular complexity index is 1150. The quantitative estimate of drug-likeness (QED) is 0.465. The number of benzene rings is 2. The molecule has 2 heterocycles. The number of carbonyl (C=O) groups excluding carboxylic acids is 1. The van der Waals surface area contributed by atoms with E-state index in [0.717, 1.165) is 29.9 Å². The number of methoxy groups -OCH3 is 1. The second-order valence-corrected chi connectivity index (χ2v) is 8.25. The lowest BCUT2D eigenvalue weighted by molar-refractivity contribution is 0.207. The fourth-order valence-electron chi connectivity index (χ4n) is 3.77. The minimum Gasteiger partial charge on any atom is -0.490 e. The van der Waals surface area contributed by atoms with Gasteiger partial charge in [-0.15, -0.1) is 0 Å². The van der Waals surface area contributed by atoms with Gasteiger partial charge in [0.15, 0.2) is 5.82 Å². The van der Waals surface area contributed by atoms with Gasteiger partial charge in [-0.05, 0) is 55.2 Å².